The zero-order valence-electron chi connectivity index (χ0n) is 18.3. The van der Waals surface area contributed by atoms with E-state index in [0.717, 1.165) is 80.8 Å². The number of nitriles is 1. The van der Waals surface area contributed by atoms with Gasteiger partial charge in [0.15, 0.2) is 0 Å². The van der Waals surface area contributed by atoms with Crippen LogP contribution in [0.5, 0.6) is 5.75 Å². The topological polar surface area (TPSA) is 101 Å². The molecule has 1 saturated carbocycles. The number of aromatic nitrogens is 1. The number of fused-ring (bicyclic) bond motifs is 3. The second kappa shape index (κ2) is 8.97. The van der Waals surface area contributed by atoms with Gasteiger partial charge in [-0.2, -0.15) is 5.26 Å². The number of nitrogens with zero attached hydrogens (tertiary/aromatic N) is 3. The van der Waals surface area contributed by atoms with E-state index in [9.17, 15) is 10.1 Å². The first-order valence-electron chi connectivity index (χ1n) is 11.6. The molecule has 1 saturated heterocycles. The van der Waals surface area contributed by atoms with Gasteiger partial charge in [0.05, 0.1) is 37.2 Å². The summed E-state index contributed by atoms with van der Waals surface area (Å²) in [6, 6.07) is 4.41. The highest BCUT2D eigenvalue weighted by molar-refractivity contribution is 7.19. The molecule has 2 aromatic heterocycles. The van der Waals surface area contributed by atoms with Crippen LogP contribution in [0.4, 0.5) is 0 Å². The maximum absolute atomic E-state index is 11.6. The van der Waals surface area contributed by atoms with Crippen LogP contribution in [0.2, 0.25) is 0 Å². The van der Waals surface area contributed by atoms with E-state index >= 15 is 0 Å². The fourth-order valence-electron chi connectivity index (χ4n) is 5.89. The van der Waals surface area contributed by atoms with Gasteiger partial charge in [0.1, 0.15) is 10.6 Å². The Kier molecular flexibility index (Phi) is 6.06. The SMILES string of the molecule is N#CCC1(N2CCOCC2)CCC(Oc2ccnc3sc4c(c23)[C@@H](CC(N)=O)CC4)CC1. The molecule has 7 nitrogen and oxygen atoms in total. The highest BCUT2D eigenvalue weighted by Gasteiger charge is 2.41. The molecule has 2 aromatic rings. The lowest BCUT2D eigenvalue weighted by molar-refractivity contribution is -0.118. The van der Waals surface area contributed by atoms with Crippen LogP contribution >= 0.6 is 11.3 Å². The minimum absolute atomic E-state index is 0.0534. The van der Waals surface area contributed by atoms with Crippen LogP contribution in [0.1, 0.15) is 61.3 Å². The van der Waals surface area contributed by atoms with Crippen molar-refractivity contribution >= 4 is 27.5 Å². The van der Waals surface area contributed by atoms with Crippen molar-refractivity contribution in [1.29, 1.82) is 5.26 Å². The third kappa shape index (κ3) is 3.98. The molecule has 32 heavy (non-hydrogen) atoms. The second-order valence-electron chi connectivity index (χ2n) is 9.31. The largest absolute Gasteiger partial charge is 0.490 e. The smallest absolute Gasteiger partial charge is 0.218 e. The Bertz CT molecular complexity index is 1030. The van der Waals surface area contributed by atoms with E-state index in [0.29, 0.717) is 12.8 Å². The average molecular weight is 455 g/mol. The highest BCUT2D eigenvalue weighted by atomic mass is 32.1. The molecule has 170 valence electrons. The number of carbonyl (C=O) groups is 1. The number of hydrogen-bond donors (Lipinski definition) is 1. The quantitative estimate of drug-likeness (QED) is 0.717. The predicted octanol–water partition coefficient (Wildman–Crippen LogP) is 3.51. The van der Waals surface area contributed by atoms with Crippen LogP contribution in [0.15, 0.2) is 12.3 Å². The Morgan fingerprint density at radius 1 is 1.34 bits per heavy atom. The Morgan fingerprint density at radius 3 is 2.84 bits per heavy atom. The number of thiophene rings is 1. The molecule has 0 aromatic carbocycles. The average Bonchev–Trinajstić information content (AvgIpc) is 3.36. The summed E-state index contributed by atoms with van der Waals surface area (Å²) in [4.78, 5) is 21.0. The Labute approximate surface area is 192 Å². The van der Waals surface area contributed by atoms with Crippen LogP contribution in [0.25, 0.3) is 10.2 Å². The van der Waals surface area contributed by atoms with Gasteiger partial charge in [-0.25, -0.2) is 4.98 Å². The summed E-state index contributed by atoms with van der Waals surface area (Å²) in [5.41, 5.74) is 6.70. The molecule has 8 heteroatoms. The molecule has 3 aliphatic rings. The number of primary amides is 1. The molecule has 5 rings (SSSR count). The van der Waals surface area contributed by atoms with E-state index in [1.165, 1.54) is 10.4 Å². The number of aryl methyl sites for hydroxylation is 1. The third-order valence-electron chi connectivity index (χ3n) is 7.49. The van der Waals surface area contributed by atoms with Gasteiger partial charge in [0.25, 0.3) is 0 Å². The lowest BCUT2D eigenvalue weighted by Gasteiger charge is -2.48. The van der Waals surface area contributed by atoms with Crippen LogP contribution < -0.4 is 10.5 Å². The van der Waals surface area contributed by atoms with Crippen LogP contribution in [-0.2, 0) is 16.0 Å². The van der Waals surface area contributed by atoms with Gasteiger partial charge in [-0.1, -0.05) is 0 Å². The monoisotopic (exact) mass is 454 g/mol. The van der Waals surface area contributed by atoms with Gasteiger partial charge in [0, 0.05) is 36.1 Å². The van der Waals surface area contributed by atoms with Crippen molar-refractivity contribution in [2.24, 2.45) is 5.73 Å². The number of carbonyl (C=O) groups excluding carboxylic acids is 1. The summed E-state index contributed by atoms with van der Waals surface area (Å²) in [6.45, 7) is 3.30. The summed E-state index contributed by atoms with van der Waals surface area (Å²) < 4.78 is 12.1. The summed E-state index contributed by atoms with van der Waals surface area (Å²) in [6.07, 6.45) is 8.63. The molecule has 3 heterocycles. The van der Waals surface area contributed by atoms with Crippen molar-refractivity contribution in [1.82, 2.24) is 9.88 Å². The van der Waals surface area contributed by atoms with E-state index < -0.39 is 0 Å². The first kappa shape index (κ1) is 21.6. The minimum Gasteiger partial charge on any atom is -0.490 e. The molecular weight excluding hydrogens is 424 g/mol. The Balaban J connectivity index is 1.35. The number of hydrogen-bond acceptors (Lipinski definition) is 7. The van der Waals surface area contributed by atoms with Gasteiger partial charge in [-0.3, -0.25) is 9.69 Å². The summed E-state index contributed by atoms with van der Waals surface area (Å²) in [5.74, 6) is 0.796. The van der Waals surface area contributed by atoms with E-state index in [1.54, 1.807) is 11.3 Å². The maximum atomic E-state index is 11.6. The van der Waals surface area contributed by atoms with E-state index in [4.69, 9.17) is 15.2 Å². The first-order chi connectivity index (χ1) is 15.6. The van der Waals surface area contributed by atoms with Gasteiger partial charge in [-0.05, 0) is 56.1 Å². The first-order valence-corrected chi connectivity index (χ1v) is 12.5. The van der Waals surface area contributed by atoms with Gasteiger partial charge < -0.3 is 15.2 Å². The molecule has 1 atom stereocenters. The molecule has 1 aliphatic heterocycles. The van der Waals surface area contributed by atoms with Crippen molar-refractivity contribution in [3.63, 3.8) is 0 Å². The zero-order chi connectivity index (χ0) is 22.1. The number of morpholine rings is 1. The van der Waals surface area contributed by atoms with E-state index in [1.807, 2.05) is 12.3 Å². The van der Waals surface area contributed by atoms with Gasteiger partial charge in [-0.15, -0.1) is 11.3 Å². The van der Waals surface area contributed by atoms with Crippen molar-refractivity contribution < 1.29 is 14.3 Å². The van der Waals surface area contributed by atoms with Crippen molar-refractivity contribution in [2.75, 3.05) is 26.3 Å². The number of ether oxygens (including phenoxy) is 2. The fourth-order valence-corrected chi connectivity index (χ4v) is 7.15. The Morgan fingerprint density at radius 2 is 2.12 bits per heavy atom. The lowest BCUT2D eigenvalue weighted by Crippen LogP contribution is -2.55. The molecule has 2 fully saturated rings. The normalized spacial score (nSPS) is 28.3. The van der Waals surface area contributed by atoms with Crippen LogP contribution in [-0.4, -0.2) is 53.7 Å². The number of rotatable bonds is 6. The predicted molar refractivity (Wildman–Crippen MR) is 123 cm³/mol. The second-order valence-corrected chi connectivity index (χ2v) is 10.4. The maximum Gasteiger partial charge on any atom is 0.218 e. The van der Waals surface area contributed by atoms with Crippen LogP contribution in [0, 0.1) is 11.3 Å². The third-order valence-corrected chi connectivity index (χ3v) is 8.66. The molecule has 1 amide bonds. The van der Waals surface area contributed by atoms with Gasteiger partial charge in [0.2, 0.25) is 5.91 Å². The molecule has 0 bridgehead atoms. The van der Waals surface area contributed by atoms with E-state index in [-0.39, 0.29) is 23.5 Å². The fraction of sp³-hybridized carbons (Fsp3) is 0.625. The lowest BCUT2D eigenvalue weighted by atomic mass is 9.76. The summed E-state index contributed by atoms with van der Waals surface area (Å²) >= 11 is 1.72. The standard InChI is InChI=1S/C24H30N4O3S/c25-9-8-24(28-11-13-30-14-12-28)6-3-17(4-7-24)31-18-5-10-27-23-22(18)21-16(15-20(26)29)1-2-19(21)32-23/h5,10,16-17H,1-4,6-8,11-15H2,(H2,26,29)/t16-,17?,24?/m1/s1. The van der Waals surface area contributed by atoms with Crippen molar-refractivity contribution in [3.8, 4) is 11.8 Å². The number of nitrogens with two attached hydrogens (primary N) is 1. The highest BCUT2D eigenvalue weighted by Crippen LogP contribution is 2.48. The minimum atomic E-state index is -0.252. The summed E-state index contributed by atoms with van der Waals surface area (Å²) in [7, 11) is 0. The van der Waals surface area contributed by atoms with Crippen molar-refractivity contribution in [3.05, 3.63) is 22.7 Å². The number of pyridine rings is 1. The number of amides is 1. The van der Waals surface area contributed by atoms with Crippen LogP contribution in [0.3, 0.4) is 0 Å². The Hall–Kier alpha value is -2.21. The van der Waals surface area contributed by atoms with E-state index in [2.05, 4.69) is 16.0 Å². The molecule has 0 radical (unpaired) electrons. The van der Waals surface area contributed by atoms with Gasteiger partial charge >= 0.3 is 0 Å². The molecule has 2 aliphatic carbocycles. The molecule has 0 unspecified atom stereocenters. The molecular formula is C24H30N4O3S. The zero-order valence-corrected chi connectivity index (χ0v) is 19.2. The molecule has 0 spiro atoms. The van der Waals surface area contributed by atoms with Crippen molar-refractivity contribution in [2.45, 2.75) is 68.9 Å². The molecule has 2 N–H and O–H groups in total. The summed E-state index contributed by atoms with van der Waals surface area (Å²) in [5, 5.41) is 10.6.